The molecule has 0 radical (unpaired) electrons. The van der Waals surface area contributed by atoms with Gasteiger partial charge in [-0.3, -0.25) is 9.78 Å². The molecule has 3 nitrogen and oxygen atoms in total. The van der Waals surface area contributed by atoms with Crippen LogP contribution in [-0.2, 0) is 0 Å². The van der Waals surface area contributed by atoms with Gasteiger partial charge in [0, 0.05) is 17.0 Å². The molecule has 0 fully saturated rings. The van der Waals surface area contributed by atoms with E-state index in [1.165, 1.54) is 0 Å². The Bertz CT molecular complexity index is 792. The highest BCUT2D eigenvalue weighted by atomic mass is 35.5. The van der Waals surface area contributed by atoms with Crippen LogP contribution in [0.5, 0.6) is 0 Å². The molecule has 2 aromatic rings. The minimum absolute atomic E-state index is 0.0247. The first-order valence-electron chi connectivity index (χ1n) is 7.84. The summed E-state index contributed by atoms with van der Waals surface area (Å²) in [6.07, 6.45) is 7.43. The number of Topliss-reactive ketones (excluding diaryl/α,β-unsaturated/α-hetero) is 1. The number of carbonyl (C=O) groups excluding carboxylic acids is 1. The number of allylic oxidation sites excluding steroid dienone is 3. The molecule has 0 spiro atoms. The smallest absolute Gasteiger partial charge is 0.171 e. The average molecular weight is 339 g/mol. The molecule has 122 valence electrons. The Labute approximate surface area is 147 Å². The molecular formula is C20H19ClN2O. The summed E-state index contributed by atoms with van der Waals surface area (Å²) < 4.78 is 0. The average Bonchev–Trinajstić information content (AvgIpc) is 2.56. The number of hydrogen-bond acceptors (Lipinski definition) is 3. The minimum atomic E-state index is -0.790. The molecule has 0 amide bonds. The number of pyridine rings is 1. The van der Waals surface area contributed by atoms with Crippen LogP contribution in [0, 0.1) is 12.8 Å². The number of anilines is 1. The van der Waals surface area contributed by atoms with Crippen LogP contribution in [0.2, 0.25) is 0 Å². The van der Waals surface area contributed by atoms with Crippen molar-refractivity contribution in [1.82, 2.24) is 4.98 Å². The lowest BCUT2D eigenvalue weighted by atomic mass is 9.82. The third-order valence-corrected chi connectivity index (χ3v) is 4.40. The highest BCUT2D eigenvalue weighted by molar-refractivity contribution is 6.28. The van der Waals surface area contributed by atoms with Gasteiger partial charge in [-0.15, -0.1) is 11.6 Å². The van der Waals surface area contributed by atoms with Gasteiger partial charge in [-0.05, 0) is 38.1 Å². The molecule has 1 N–H and O–H groups in total. The summed E-state index contributed by atoms with van der Waals surface area (Å²) >= 11 is 6.66. The van der Waals surface area contributed by atoms with Crippen molar-refractivity contribution in [3.05, 3.63) is 83.8 Å². The van der Waals surface area contributed by atoms with E-state index in [-0.39, 0.29) is 5.78 Å². The van der Waals surface area contributed by atoms with E-state index < -0.39 is 10.8 Å². The van der Waals surface area contributed by atoms with Crippen LogP contribution in [0.3, 0.4) is 0 Å². The molecule has 3 rings (SSSR count). The van der Waals surface area contributed by atoms with Gasteiger partial charge in [0.15, 0.2) is 5.78 Å². The van der Waals surface area contributed by atoms with Gasteiger partial charge in [-0.25, -0.2) is 0 Å². The second kappa shape index (κ2) is 6.62. The lowest BCUT2D eigenvalue weighted by Crippen LogP contribution is -2.34. The molecule has 1 aliphatic carbocycles. The van der Waals surface area contributed by atoms with E-state index in [9.17, 15) is 4.79 Å². The van der Waals surface area contributed by atoms with Gasteiger partial charge in [0.25, 0.3) is 0 Å². The van der Waals surface area contributed by atoms with Crippen molar-refractivity contribution in [3.63, 3.8) is 0 Å². The number of rotatable bonds is 4. The molecule has 1 aliphatic rings. The van der Waals surface area contributed by atoms with Gasteiger partial charge in [0.1, 0.15) is 0 Å². The molecular weight excluding hydrogens is 320 g/mol. The first-order chi connectivity index (χ1) is 11.5. The molecule has 1 heterocycles. The molecule has 2 unspecified atom stereocenters. The number of halogens is 1. The number of hydrogen-bond donors (Lipinski definition) is 1. The van der Waals surface area contributed by atoms with Gasteiger partial charge in [-0.2, -0.15) is 0 Å². The van der Waals surface area contributed by atoms with Gasteiger partial charge >= 0.3 is 0 Å². The van der Waals surface area contributed by atoms with Crippen LogP contribution in [0.15, 0.2) is 72.6 Å². The number of aromatic nitrogens is 1. The topological polar surface area (TPSA) is 42.0 Å². The molecule has 0 aliphatic heterocycles. The molecule has 4 heteroatoms. The van der Waals surface area contributed by atoms with Crippen LogP contribution in [-0.4, -0.2) is 15.6 Å². The van der Waals surface area contributed by atoms with Crippen molar-refractivity contribution >= 4 is 23.1 Å². The maximum Gasteiger partial charge on any atom is 0.171 e. The molecule has 1 aromatic carbocycles. The summed E-state index contributed by atoms with van der Waals surface area (Å²) in [4.78, 5) is 16.2. The molecule has 24 heavy (non-hydrogen) atoms. The van der Waals surface area contributed by atoms with E-state index in [2.05, 4.69) is 10.3 Å². The third kappa shape index (κ3) is 3.57. The second-order valence-corrected chi connectivity index (χ2v) is 6.95. The highest BCUT2D eigenvalue weighted by Crippen LogP contribution is 2.35. The van der Waals surface area contributed by atoms with Crippen molar-refractivity contribution in [1.29, 1.82) is 0 Å². The quantitative estimate of drug-likeness (QED) is 0.646. The lowest BCUT2D eigenvalue weighted by molar-refractivity contribution is 0.0932. The Morgan fingerprint density at radius 3 is 2.58 bits per heavy atom. The Kier molecular flexibility index (Phi) is 4.54. The van der Waals surface area contributed by atoms with Crippen LogP contribution < -0.4 is 5.32 Å². The predicted octanol–water partition coefficient (Wildman–Crippen LogP) is 4.75. The summed E-state index contributed by atoms with van der Waals surface area (Å²) in [6.45, 7) is 3.80. The van der Waals surface area contributed by atoms with Crippen LogP contribution in [0.4, 0.5) is 5.69 Å². The molecule has 0 saturated heterocycles. The number of benzene rings is 1. The Morgan fingerprint density at radius 2 is 1.96 bits per heavy atom. The van der Waals surface area contributed by atoms with Crippen LogP contribution in [0.25, 0.3) is 0 Å². The Balaban J connectivity index is 1.79. The lowest BCUT2D eigenvalue weighted by Gasteiger charge is -2.30. The van der Waals surface area contributed by atoms with Crippen molar-refractivity contribution in [2.75, 3.05) is 5.32 Å². The molecule has 2 atom stereocenters. The van der Waals surface area contributed by atoms with E-state index in [0.717, 1.165) is 17.1 Å². The standard InChI is InChI=1S/C20H19ClN2O/c1-14-8-9-17(13-22-14)23-16-10-11-18(20(2,21)12-16)19(24)15-6-4-3-5-7-15/h3-13,18,23H,1-2H3. The van der Waals surface area contributed by atoms with Crippen LogP contribution in [0.1, 0.15) is 23.0 Å². The van der Waals surface area contributed by atoms with Gasteiger partial charge in [-0.1, -0.05) is 36.4 Å². The van der Waals surface area contributed by atoms with Gasteiger partial charge in [0.2, 0.25) is 0 Å². The largest absolute Gasteiger partial charge is 0.354 e. The summed E-state index contributed by atoms with van der Waals surface area (Å²) in [6, 6.07) is 13.2. The first-order valence-corrected chi connectivity index (χ1v) is 8.22. The zero-order valence-corrected chi connectivity index (χ0v) is 14.4. The SMILES string of the molecule is Cc1ccc(NC2=CC(C)(Cl)C(C(=O)c3ccccc3)C=C2)cn1. The zero-order chi connectivity index (χ0) is 17.2. The van der Waals surface area contributed by atoms with Gasteiger partial charge < -0.3 is 5.32 Å². The minimum Gasteiger partial charge on any atom is -0.354 e. The Morgan fingerprint density at radius 1 is 1.21 bits per heavy atom. The monoisotopic (exact) mass is 338 g/mol. The molecule has 1 aromatic heterocycles. The van der Waals surface area contributed by atoms with E-state index >= 15 is 0 Å². The summed E-state index contributed by atoms with van der Waals surface area (Å²) in [5, 5.41) is 3.28. The predicted molar refractivity (Wildman–Crippen MR) is 98.3 cm³/mol. The van der Waals surface area contributed by atoms with E-state index in [4.69, 9.17) is 11.6 Å². The van der Waals surface area contributed by atoms with Crippen molar-refractivity contribution in [2.24, 2.45) is 5.92 Å². The first kappa shape index (κ1) is 16.5. The van der Waals surface area contributed by atoms with Crippen molar-refractivity contribution in [3.8, 4) is 0 Å². The molecule has 0 bridgehead atoms. The van der Waals surface area contributed by atoms with E-state index in [1.807, 2.05) is 74.5 Å². The summed E-state index contributed by atoms with van der Waals surface area (Å²) in [5.41, 5.74) is 3.38. The van der Waals surface area contributed by atoms with Crippen molar-refractivity contribution < 1.29 is 4.79 Å². The number of ketones is 1. The number of nitrogens with zero attached hydrogens (tertiary/aromatic N) is 1. The van der Waals surface area contributed by atoms with Crippen LogP contribution >= 0.6 is 11.6 Å². The second-order valence-electron chi connectivity index (χ2n) is 6.13. The number of carbonyl (C=O) groups is 1. The summed E-state index contributed by atoms with van der Waals surface area (Å²) in [7, 11) is 0. The van der Waals surface area contributed by atoms with Crippen molar-refractivity contribution in [2.45, 2.75) is 18.7 Å². The number of aryl methyl sites for hydroxylation is 1. The number of alkyl halides is 1. The number of nitrogens with one attached hydrogen (secondary N) is 1. The maximum atomic E-state index is 12.7. The van der Waals surface area contributed by atoms with Gasteiger partial charge in [0.05, 0.1) is 22.7 Å². The third-order valence-electron chi connectivity index (χ3n) is 4.05. The highest BCUT2D eigenvalue weighted by Gasteiger charge is 2.36. The van der Waals surface area contributed by atoms with E-state index in [0.29, 0.717) is 5.56 Å². The maximum absolute atomic E-state index is 12.7. The molecule has 0 saturated carbocycles. The fraction of sp³-hybridized carbons (Fsp3) is 0.200. The summed E-state index contributed by atoms with van der Waals surface area (Å²) in [5.74, 6) is -0.375. The fourth-order valence-corrected chi connectivity index (χ4v) is 3.03. The zero-order valence-electron chi connectivity index (χ0n) is 13.7. The fourth-order valence-electron chi connectivity index (χ4n) is 2.74. The van der Waals surface area contributed by atoms with E-state index in [1.54, 1.807) is 6.20 Å². The normalized spacial score (nSPS) is 22.8. The Hall–Kier alpha value is -2.39.